The maximum atomic E-state index is 11.4. The highest BCUT2D eigenvalue weighted by Gasteiger charge is 2.22. The number of nitrogens with zero attached hydrogens (tertiary/aromatic N) is 5. The van der Waals surface area contributed by atoms with E-state index in [0.29, 0.717) is 44.3 Å². The molecule has 1 aromatic carbocycles. The molecule has 0 atom stereocenters. The summed E-state index contributed by atoms with van der Waals surface area (Å²) in [5, 5.41) is 0.909. The second-order valence-electron chi connectivity index (χ2n) is 7.78. The third kappa shape index (κ3) is 4.51. The minimum atomic E-state index is -0.379. The van der Waals surface area contributed by atoms with Crippen LogP contribution in [0.5, 0.6) is 11.5 Å². The Bertz CT molecular complexity index is 878. The van der Waals surface area contributed by atoms with Crippen molar-refractivity contribution in [3.05, 3.63) is 18.5 Å². The van der Waals surface area contributed by atoms with Crippen LogP contribution in [-0.2, 0) is 0 Å². The number of piperazine rings is 1. The number of hydrogen-bond acceptors (Lipinski definition) is 7. The molecule has 9 nitrogen and oxygen atoms in total. The summed E-state index contributed by atoms with van der Waals surface area (Å²) in [5.74, 6) is 2.22. The van der Waals surface area contributed by atoms with Crippen molar-refractivity contribution in [3.63, 3.8) is 0 Å². The van der Waals surface area contributed by atoms with E-state index in [1.165, 1.54) is 25.9 Å². The Morgan fingerprint density at radius 2 is 1.83 bits per heavy atom. The molecule has 3 heterocycles. The highest BCUT2D eigenvalue weighted by molar-refractivity contribution is 5.92. The van der Waals surface area contributed by atoms with Crippen molar-refractivity contribution < 1.29 is 14.3 Å². The van der Waals surface area contributed by atoms with Gasteiger partial charge in [-0.15, -0.1) is 0 Å². The van der Waals surface area contributed by atoms with Crippen LogP contribution in [0.4, 0.5) is 10.6 Å². The van der Waals surface area contributed by atoms with Gasteiger partial charge in [-0.3, -0.25) is 0 Å². The largest absolute Gasteiger partial charge is 0.493 e. The SMILES string of the molecule is COc1cc2c(N3CCN(C(N)=O)CC3)ncnc2cc1OCCCN1CCCC1. The molecule has 2 fully saturated rings. The van der Waals surface area contributed by atoms with E-state index >= 15 is 0 Å². The zero-order valence-corrected chi connectivity index (χ0v) is 17.5. The number of anilines is 1. The monoisotopic (exact) mass is 414 g/mol. The number of methoxy groups -OCH3 is 1. The van der Waals surface area contributed by atoms with Crippen molar-refractivity contribution in [2.45, 2.75) is 19.3 Å². The van der Waals surface area contributed by atoms with Gasteiger partial charge in [0.1, 0.15) is 12.1 Å². The first kappa shape index (κ1) is 20.5. The quantitative estimate of drug-likeness (QED) is 0.689. The maximum Gasteiger partial charge on any atom is 0.314 e. The molecule has 9 heteroatoms. The smallest absolute Gasteiger partial charge is 0.314 e. The molecule has 2 aromatic rings. The lowest BCUT2D eigenvalue weighted by atomic mass is 10.2. The predicted molar refractivity (Wildman–Crippen MR) is 115 cm³/mol. The number of urea groups is 1. The number of primary amides is 1. The summed E-state index contributed by atoms with van der Waals surface area (Å²) in [6.45, 7) is 6.62. The number of carbonyl (C=O) groups is 1. The minimum absolute atomic E-state index is 0.379. The average molecular weight is 415 g/mol. The van der Waals surface area contributed by atoms with E-state index in [4.69, 9.17) is 15.2 Å². The number of hydrogen-bond donors (Lipinski definition) is 1. The topological polar surface area (TPSA) is 97.0 Å². The van der Waals surface area contributed by atoms with E-state index in [2.05, 4.69) is 19.8 Å². The number of benzene rings is 1. The van der Waals surface area contributed by atoms with E-state index in [0.717, 1.165) is 29.7 Å². The molecule has 0 radical (unpaired) electrons. The molecule has 162 valence electrons. The molecular formula is C21H30N6O3. The summed E-state index contributed by atoms with van der Waals surface area (Å²) in [4.78, 5) is 26.6. The number of ether oxygens (including phenoxy) is 2. The number of likely N-dealkylation sites (tertiary alicyclic amines) is 1. The van der Waals surface area contributed by atoms with Crippen LogP contribution in [0.15, 0.2) is 18.5 Å². The highest BCUT2D eigenvalue weighted by Crippen LogP contribution is 2.35. The van der Waals surface area contributed by atoms with Gasteiger partial charge < -0.3 is 29.9 Å². The van der Waals surface area contributed by atoms with Crippen LogP contribution in [0, 0.1) is 0 Å². The van der Waals surface area contributed by atoms with Crippen LogP contribution in [-0.4, -0.2) is 85.3 Å². The van der Waals surface area contributed by atoms with E-state index in [1.54, 1.807) is 18.3 Å². The third-order valence-electron chi connectivity index (χ3n) is 5.87. The summed E-state index contributed by atoms with van der Waals surface area (Å²) >= 11 is 0. The Kier molecular flexibility index (Phi) is 6.37. The molecular weight excluding hydrogens is 384 g/mol. The zero-order chi connectivity index (χ0) is 20.9. The second-order valence-corrected chi connectivity index (χ2v) is 7.78. The van der Waals surface area contributed by atoms with Crippen molar-refractivity contribution in [2.24, 2.45) is 5.73 Å². The first-order valence-electron chi connectivity index (χ1n) is 10.6. The van der Waals surface area contributed by atoms with Gasteiger partial charge in [-0.05, 0) is 38.4 Å². The molecule has 0 spiro atoms. The van der Waals surface area contributed by atoms with Gasteiger partial charge in [-0.1, -0.05) is 0 Å². The summed E-state index contributed by atoms with van der Waals surface area (Å²) in [7, 11) is 1.65. The lowest BCUT2D eigenvalue weighted by Crippen LogP contribution is -2.50. The van der Waals surface area contributed by atoms with Crippen LogP contribution >= 0.6 is 0 Å². The normalized spacial score (nSPS) is 17.5. The number of amides is 2. The molecule has 0 aliphatic carbocycles. The van der Waals surface area contributed by atoms with Crippen molar-refractivity contribution in [1.82, 2.24) is 19.8 Å². The lowest BCUT2D eigenvalue weighted by molar-refractivity contribution is 0.204. The molecule has 0 bridgehead atoms. The van der Waals surface area contributed by atoms with E-state index in [9.17, 15) is 4.79 Å². The first-order valence-corrected chi connectivity index (χ1v) is 10.6. The predicted octanol–water partition coefficient (Wildman–Crippen LogP) is 1.70. The van der Waals surface area contributed by atoms with Gasteiger partial charge in [0.15, 0.2) is 11.5 Å². The first-order chi connectivity index (χ1) is 14.7. The Labute approximate surface area is 176 Å². The van der Waals surface area contributed by atoms with Crippen LogP contribution in [0.3, 0.4) is 0 Å². The summed E-state index contributed by atoms with van der Waals surface area (Å²) in [6, 6.07) is 3.49. The van der Waals surface area contributed by atoms with Gasteiger partial charge in [0.05, 0.1) is 19.2 Å². The highest BCUT2D eigenvalue weighted by atomic mass is 16.5. The number of aromatic nitrogens is 2. The fraction of sp³-hybridized carbons (Fsp3) is 0.571. The molecule has 2 aliphatic heterocycles. The van der Waals surface area contributed by atoms with Gasteiger partial charge in [0, 0.05) is 44.2 Å². The van der Waals surface area contributed by atoms with E-state index in [-0.39, 0.29) is 6.03 Å². The fourth-order valence-electron chi connectivity index (χ4n) is 4.19. The molecule has 0 unspecified atom stereocenters. The second kappa shape index (κ2) is 9.34. The van der Waals surface area contributed by atoms with E-state index < -0.39 is 0 Å². The van der Waals surface area contributed by atoms with Crippen LogP contribution in [0.25, 0.3) is 10.9 Å². The Morgan fingerprint density at radius 1 is 1.07 bits per heavy atom. The number of carbonyl (C=O) groups excluding carboxylic acids is 1. The number of nitrogens with two attached hydrogens (primary N) is 1. The molecule has 2 amide bonds. The summed E-state index contributed by atoms with van der Waals surface area (Å²) < 4.78 is 11.6. The van der Waals surface area contributed by atoms with Crippen molar-refractivity contribution in [2.75, 3.05) is 64.4 Å². The summed E-state index contributed by atoms with van der Waals surface area (Å²) in [6.07, 6.45) is 5.17. The van der Waals surface area contributed by atoms with Crippen molar-refractivity contribution in [1.29, 1.82) is 0 Å². The van der Waals surface area contributed by atoms with Gasteiger partial charge >= 0.3 is 6.03 Å². The van der Waals surface area contributed by atoms with Crippen molar-refractivity contribution >= 4 is 22.8 Å². The number of rotatable bonds is 7. The molecule has 1 aromatic heterocycles. The van der Waals surface area contributed by atoms with Gasteiger partial charge in [0.2, 0.25) is 0 Å². The zero-order valence-electron chi connectivity index (χ0n) is 17.5. The van der Waals surface area contributed by atoms with Gasteiger partial charge in [0.25, 0.3) is 0 Å². The Hall–Kier alpha value is -2.81. The van der Waals surface area contributed by atoms with Gasteiger partial charge in [-0.2, -0.15) is 0 Å². The minimum Gasteiger partial charge on any atom is -0.493 e. The maximum absolute atomic E-state index is 11.4. The molecule has 2 N–H and O–H groups in total. The summed E-state index contributed by atoms with van der Waals surface area (Å²) in [5.41, 5.74) is 6.20. The Morgan fingerprint density at radius 3 is 2.53 bits per heavy atom. The molecule has 30 heavy (non-hydrogen) atoms. The van der Waals surface area contributed by atoms with Crippen LogP contribution < -0.4 is 20.1 Å². The van der Waals surface area contributed by atoms with Crippen LogP contribution in [0.1, 0.15) is 19.3 Å². The third-order valence-corrected chi connectivity index (χ3v) is 5.87. The number of fused-ring (bicyclic) bond motifs is 1. The Balaban J connectivity index is 1.47. The lowest BCUT2D eigenvalue weighted by Gasteiger charge is -2.34. The molecule has 2 aliphatic rings. The van der Waals surface area contributed by atoms with Crippen molar-refractivity contribution in [3.8, 4) is 11.5 Å². The van der Waals surface area contributed by atoms with Gasteiger partial charge in [-0.25, -0.2) is 14.8 Å². The standard InChI is InChI=1S/C21H30N6O3/c1-29-18-13-16-17(14-19(18)30-12-4-7-25-5-2-3-6-25)23-15-24-20(16)26-8-10-27(11-9-26)21(22)28/h13-15H,2-12H2,1H3,(H2,22,28). The van der Waals surface area contributed by atoms with Crippen LogP contribution in [0.2, 0.25) is 0 Å². The van der Waals surface area contributed by atoms with E-state index in [1.807, 2.05) is 12.1 Å². The molecule has 4 rings (SSSR count). The fourth-order valence-corrected chi connectivity index (χ4v) is 4.19. The average Bonchev–Trinajstić information content (AvgIpc) is 3.29. The molecule has 0 saturated carbocycles. The molecule has 2 saturated heterocycles.